The van der Waals surface area contributed by atoms with E-state index in [1.807, 2.05) is 0 Å². The molecule has 2 heteroatoms. The Morgan fingerprint density at radius 1 is 0.773 bits per heavy atom. The third kappa shape index (κ3) is 2.77. The van der Waals surface area contributed by atoms with Gasteiger partial charge < -0.3 is 0 Å². The Hall–Kier alpha value is -1.05. The molecule has 22 heavy (non-hydrogen) atoms. The fourth-order valence-corrected chi connectivity index (χ4v) is 6.32. The first-order valence-electron chi connectivity index (χ1n) is 7.82. The average Bonchev–Trinajstić information content (AvgIpc) is 2.98. The van der Waals surface area contributed by atoms with Crippen molar-refractivity contribution in [2.45, 2.75) is 23.1 Å². The summed E-state index contributed by atoms with van der Waals surface area (Å²) >= 11 is 2.36. The van der Waals surface area contributed by atoms with Gasteiger partial charge in [0.2, 0.25) is 0 Å². The van der Waals surface area contributed by atoms with Crippen LogP contribution in [0.5, 0.6) is 0 Å². The molecule has 0 saturated carbocycles. The zero-order valence-corrected chi connectivity index (χ0v) is 14.4. The maximum atomic E-state index is 2.42. The molecule has 0 heterocycles. The first-order valence-corrected chi connectivity index (χ1v) is 9.16. The van der Waals surface area contributed by atoms with E-state index < -0.39 is 7.92 Å². The average molecular weight is 298 g/mol. The van der Waals surface area contributed by atoms with Crippen LogP contribution in [0, 0.1) is 0 Å². The van der Waals surface area contributed by atoms with Crippen LogP contribution >= 0.6 is 7.92 Å². The van der Waals surface area contributed by atoms with Crippen LogP contribution in [0.3, 0.4) is 0 Å². The first kappa shape index (κ1) is 15.8. The molecule has 2 aromatic rings. The molecule has 0 saturated heterocycles. The Kier molecular flexibility index (Phi) is 4.47. The summed E-state index contributed by atoms with van der Waals surface area (Å²) in [6.45, 7) is 4.83. The van der Waals surface area contributed by atoms with Crippen molar-refractivity contribution in [2.24, 2.45) is 0 Å². The quantitative estimate of drug-likeness (QED) is 0.581. The van der Waals surface area contributed by atoms with Gasteiger partial charge in [-0.25, -0.2) is 0 Å². The predicted octanol–water partition coefficient (Wildman–Crippen LogP) is 4.35. The van der Waals surface area contributed by atoms with Gasteiger partial charge in [0.05, 0.1) is 0 Å². The monoisotopic (exact) mass is 298 g/mol. The molecule has 1 aliphatic rings. The maximum absolute atomic E-state index is 2.42. The second-order valence-corrected chi connectivity index (χ2v) is 9.39. The van der Waals surface area contributed by atoms with E-state index in [9.17, 15) is 0 Å². The fourth-order valence-electron chi connectivity index (χ4n) is 3.16. The Balaban J connectivity index is 2.14. The Morgan fingerprint density at radius 2 is 1.18 bits per heavy atom. The van der Waals surface area contributed by atoms with Gasteiger partial charge >= 0.3 is 144 Å². The second kappa shape index (κ2) is 6.21. The second-order valence-electron chi connectivity index (χ2n) is 6.57. The van der Waals surface area contributed by atoms with Crippen LogP contribution in [0.4, 0.5) is 0 Å². The minimum absolute atomic E-state index is 0.0877. The van der Waals surface area contributed by atoms with Crippen molar-refractivity contribution in [3.63, 3.8) is 0 Å². The molecular weight excluding hydrogens is 278 g/mol. The molecule has 0 amide bonds. The van der Waals surface area contributed by atoms with Crippen molar-refractivity contribution in [2.75, 3.05) is 0 Å². The summed E-state index contributed by atoms with van der Waals surface area (Å²) in [6.07, 6.45) is 9.08. The van der Waals surface area contributed by atoms with Crippen LogP contribution in [0.1, 0.15) is 13.8 Å². The van der Waals surface area contributed by atoms with Crippen molar-refractivity contribution in [3.05, 3.63) is 85.0 Å². The molecule has 0 N–H and O–H groups in total. The van der Waals surface area contributed by atoms with E-state index in [-0.39, 0.29) is 9.24 Å². The molecule has 0 aromatic heterocycles. The third-order valence-electron chi connectivity index (χ3n) is 4.90. The number of hydrogen-bond acceptors (Lipinski definition) is 0. The van der Waals surface area contributed by atoms with Crippen molar-refractivity contribution < 1.29 is 0 Å². The molecule has 0 radical (unpaired) electrons. The van der Waals surface area contributed by atoms with Gasteiger partial charge in [-0.15, -0.1) is 0 Å². The van der Waals surface area contributed by atoms with Gasteiger partial charge in [-0.3, -0.25) is 0 Å². The van der Waals surface area contributed by atoms with Crippen LogP contribution in [0.2, 0.25) is 4.09 Å². The number of rotatable bonds is 4. The van der Waals surface area contributed by atoms with E-state index in [1.54, 1.807) is 0 Å². The molecule has 0 aliphatic heterocycles. The summed E-state index contributed by atoms with van der Waals surface area (Å²) in [5.74, 6) is 0. The zero-order chi connectivity index (χ0) is 15.6. The molecule has 0 atom stereocenters. The molecule has 0 spiro atoms. The van der Waals surface area contributed by atoms with Crippen molar-refractivity contribution >= 4 is 36.2 Å². The van der Waals surface area contributed by atoms with Crippen molar-refractivity contribution in [3.8, 4) is 0 Å². The minimum atomic E-state index is -0.456. The van der Waals surface area contributed by atoms with Crippen LogP contribution in [-0.4, -0.2) is 22.9 Å². The van der Waals surface area contributed by atoms with Crippen LogP contribution in [0.25, 0.3) is 0 Å². The molecule has 0 fully saturated rings. The Bertz CT molecular complexity index is 635. The summed E-state index contributed by atoms with van der Waals surface area (Å²) in [4.78, 5) is 0. The van der Waals surface area contributed by atoms with Gasteiger partial charge in [0.25, 0.3) is 0 Å². The number of allylic oxidation sites excluding steroid dienone is 4. The van der Waals surface area contributed by atoms with E-state index in [0.717, 1.165) is 0 Å². The SMILES string of the molecule is [Li][C]1(C(C)(C)P(c2ccccc2)c2ccccc2)C=CC=C1. The van der Waals surface area contributed by atoms with Gasteiger partial charge in [-0.05, 0) is 0 Å². The van der Waals surface area contributed by atoms with E-state index >= 15 is 0 Å². The van der Waals surface area contributed by atoms with Gasteiger partial charge in [0, 0.05) is 0 Å². The van der Waals surface area contributed by atoms with E-state index in [2.05, 4.69) is 117 Å². The Labute approximate surface area is 144 Å². The summed E-state index contributed by atoms with van der Waals surface area (Å²) in [6, 6.07) is 22.0. The molecule has 106 valence electrons. The van der Waals surface area contributed by atoms with Crippen LogP contribution in [0.15, 0.2) is 85.0 Å². The summed E-state index contributed by atoms with van der Waals surface area (Å²) in [5.41, 5.74) is 0. The first-order chi connectivity index (χ1) is 10.5. The summed E-state index contributed by atoms with van der Waals surface area (Å²) in [5, 5.41) is 3.03. The number of hydrogen-bond donors (Lipinski definition) is 0. The topological polar surface area (TPSA) is 0 Å². The summed E-state index contributed by atoms with van der Waals surface area (Å²) in [7, 11) is -0.456. The molecule has 3 rings (SSSR count). The van der Waals surface area contributed by atoms with Gasteiger partial charge in [-0.2, -0.15) is 0 Å². The van der Waals surface area contributed by atoms with Gasteiger partial charge in [0.1, 0.15) is 0 Å². The molecular formula is C20H20LiP. The van der Waals surface area contributed by atoms with Crippen molar-refractivity contribution in [1.29, 1.82) is 0 Å². The van der Waals surface area contributed by atoms with E-state index in [1.165, 1.54) is 10.6 Å². The van der Waals surface area contributed by atoms with Crippen LogP contribution in [-0.2, 0) is 0 Å². The molecule has 1 aliphatic carbocycles. The van der Waals surface area contributed by atoms with E-state index in [0.29, 0.717) is 0 Å². The molecule has 0 bridgehead atoms. The van der Waals surface area contributed by atoms with Gasteiger partial charge in [-0.1, -0.05) is 0 Å². The third-order valence-corrected chi connectivity index (χ3v) is 8.13. The standard InChI is InChI=1S/C20H20P.Li/c1-20(2,17-11-9-10-12-17)21(18-13-5-3-6-14-18)19-15-7-4-8-16-19;/h3-16H,1-2H3;. The summed E-state index contributed by atoms with van der Waals surface area (Å²) < 4.78 is 0.0877. The fraction of sp³-hybridized carbons (Fsp3) is 0.200. The molecule has 0 nitrogen and oxygen atoms in total. The van der Waals surface area contributed by atoms with Crippen LogP contribution < -0.4 is 10.6 Å². The van der Waals surface area contributed by atoms with E-state index in [4.69, 9.17) is 0 Å². The number of benzene rings is 2. The molecule has 2 aromatic carbocycles. The van der Waals surface area contributed by atoms with Gasteiger partial charge in [0.15, 0.2) is 0 Å². The molecule has 0 unspecified atom stereocenters. The van der Waals surface area contributed by atoms with Crippen molar-refractivity contribution in [1.82, 2.24) is 0 Å². The normalized spacial score (nSPS) is 16.4. The predicted molar refractivity (Wildman–Crippen MR) is 99.9 cm³/mol. The zero-order valence-electron chi connectivity index (χ0n) is 13.5. The Morgan fingerprint density at radius 3 is 1.59 bits per heavy atom.